The van der Waals surface area contributed by atoms with Gasteiger partial charge in [-0.05, 0) is 34.4 Å². The highest BCUT2D eigenvalue weighted by atomic mass is 32.1. The third-order valence-corrected chi connectivity index (χ3v) is 4.46. The molecule has 0 unspecified atom stereocenters. The molecule has 0 amide bonds. The summed E-state index contributed by atoms with van der Waals surface area (Å²) >= 11 is 1.44. The minimum atomic E-state index is -0.266. The molecule has 0 aliphatic rings. The highest BCUT2D eigenvalue weighted by molar-refractivity contribution is 7.12. The zero-order valence-electron chi connectivity index (χ0n) is 12.6. The van der Waals surface area contributed by atoms with E-state index in [1.165, 1.54) is 24.0 Å². The zero-order chi connectivity index (χ0) is 14.9. The van der Waals surface area contributed by atoms with Gasteiger partial charge < -0.3 is 4.74 Å². The van der Waals surface area contributed by atoms with E-state index in [0.717, 1.165) is 16.7 Å². The maximum atomic E-state index is 11.8. The Morgan fingerprint density at radius 3 is 2.25 bits per heavy atom. The lowest BCUT2D eigenvalue weighted by Crippen LogP contribution is -2.10. The Kier molecular flexibility index (Phi) is 4.00. The Morgan fingerprint density at radius 1 is 1.15 bits per heavy atom. The summed E-state index contributed by atoms with van der Waals surface area (Å²) in [7, 11) is 1.42. The minimum absolute atomic E-state index is 0.132. The molecule has 0 fully saturated rings. The normalized spacial score (nSPS) is 11.4. The lowest BCUT2D eigenvalue weighted by molar-refractivity contribution is 0.0607. The summed E-state index contributed by atoms with van der Waals surface area (Å²) in [6, 6.07) is 8.44. The van der Waals surface area contributed by atoms with Gasteiger partial charge in [0.2, 0.25) is 0 Å². The number of ether oxygens (including phenoxy) is 1. The summed E-state index contributed by atoms with van der Waals surface area (Å²) in [6.07, 6.45) is 0. The largest absolute Gasteiger partial charge is 0.465 e. The second-order valence-corrected chi connectivity index (χ2v) is 6.82. The first-order valence-electron chi connectivity index (χ1n) is 6.62. The Labute approximate surface area is 124 Å². The molecule has 0 spiro atoms. The molecule has 1 aromatic carbocycles. The van der Waals surface area contributed by atoms with Crippen molar-refractivity contribution >= 4 is 17.3 Å². The number of thiophene rings is 1. The van der Waals surface area contributed by atoms with Gasteiger partial charge >= 0.3 is 5.97 Å². The van der Waals surface area contributed by atoms with Gasteiger partial charge in [-0.3, -0.25) is 0 Å². The van der Waals surface area contributed by atoms with Crippen molar-refractivity contribution in [2.75, 3.05) is 7.11 Å². The molecule has 0 N–H and O–H groups in total. The van der Waals surface area contributed by atoms with Gasteiger partial charge in [0.15, 0.2) is 0 Å². The second-order valence-electron chi connectivity index (χ2n) is 5.94. The van der Waals surface area contributed by atoms with Crippen LogP contribution in [0.1, 0.15) is 41.6 Å². The van der Waals surface area contributed by atoms with E-state index in [0.29, 0.717) is 4.88 Å². The van der Waals surface area contributed by atoms with Gasteiger partial charge in [0, 0.05) is 5.56 Å². The smallest absolute Gasteiger partial charge is 0.348 e. The van der Waals surface area contributed by atoms with Crippen molar-refractivity contribution in [3.8, 4) is 11.1 Å². The maximum absolute atomic E-state index is 11.8. The topological polar surface area (TPSA) is 26.3 Å². The fourth-order valence-corrected chi connectivity index (χ4v) is 3.17. The third kappa shape index (κ3) is 2.78. The van der Waals surface area contributed by atoms with Crippen LogP contribution in [0.15, 0.2) is 29.6 Å². The SMILES string of the molecule is COC(=O)c1scc(C)c1-c1ccc(C(C)(C)C)cc1. The van der Waals surface area contributed by atoms with Crippen LogP contribution in [0, 0.1) is 6.92 Å². The first kappa shape index (κ1) is 14.8. The van der Waals surface area contributed by atoms with Crippen molar-refractivity contribution in [2.45, 2.75) is 33.1 Å². The first-order chi connectivity index (χ1) is 9.34. The van der Waals surface area contributed by atoms with E-state index >= 15 is 0 Å². The third-order valence-electron chi connectivity index (χ3n) is 3.39. The molecule has 0 aliphatic carbocycles. The fraction of sp³-hybridized carbons (Fsp3) is 0.353. The van der Waals surface area contributed by atoms with Crippen molar-refractivity contribution in [2.24, 2.45) is 0 Å². The summed E-state index contributed by atoms with van der Waals surface area (Å²) in [5.74, 6) is -0.266. The quantitative estimate of drug-likeness (QED) is 0.741. The Hall–Kier alpha value is -1.61. The lowest BCUT2D eigenvalue weighted by Gasteiger charge is -2.19. The molecule has 0 saturated heterocycles. The number of carbonyl (C=O) groups excluding carboxylic acids is 1. The van der Waals surface area contributed by atoms with Crippen molar-refractivity contribution in [3.63, 3.8) is 0 Å². The van der Waals surface area contributed by atoms with E-state index in [2.05, 4.69) is 45.0 Å². The second kappa shape index (κ2) is 5.41. The van der Waals surface area contributed by atoms with Gasteiger partial charge in [0.1, 0.15) is 4.88 Å². The van der Waals surface area contributed by atoms with Gasteiger partial charge in [-0.15, -0.1) is 11.3 Å². The molecule has 0 atom stereocenters. The number of rotatable bonds is 2. The number of carbonyl (C=O) groups is 1. The molecule has 2 nitrogen and oxygen atoms in total. The molecule has 2 rings (SSSR count). The highest BCUT2D eigenvalue weighted by Gasteiger charge is 2.19. The molecule has 0 bridgehead atoms. The van der Waals surface area contributed by atoms with Gasteiger partial charge in [-0.1, -0.05) is 45.0 Å². The predicted octanol–water partition coefficient (Wildman–Crippen LogP) is 4.81. The summed E-state index contributed by atoms with van der Waals surface area (Å²) < 4.78 is 4.86. The van der Waals surface area contributed by atoms with Crippen molar-refractivity contribution in [1.82, 2.24) is 0 Å². The van der Waals surface area contributed by atoms with Gasteiger partial charge in [-0.25, -0.2) is 4.79 Å². The Balaban J connectivity index is 2.47. The van der Waals surface area contributed by atoms with Crippen LogP contribution in [0.2, 0.25) is 0 Å². The van der Waals surface area contributed by atoms with Crippen LogP contribution in [-0.2, 0) is 10.2 Å². The van der Waals surface area contributed by atoms with Crippen molar-refractivity contribution < 1.29 is 9.53 Å². The van der Waals surface area contributed by atoms with Gasteiger partial charge in [0.05, 0.1) is 7.11 Å². The summed E-state index contributed by atoms with van der Waals surface area (Å²) in [4.78, 5) is 12.5. The van der Waals surface area contributed by atoms with Crippen LogP contribution in [-0.4, -0.2) is 13.1 Å². The number of methoxy groups -OCH3 is 1. The number of hydrogen-bond acceptors (Lipinski definition) is 3. The van der Waals surface area contributed by atoms with Crippen LogP contribution in [0.25, 0.3) is 11.1 Å². The van der Waals surface area contributed by atoms with Crippen molar-refractivity contribution in [3.05, 3.63) is 45.6 Å². The number of esters is 1. The summed E-state index contributed by atoms with van der Waals surface area (Å²) in [5.41, 5.74) is 4.58. The number of hydrogen-bond donors (Lipinski definition) is 0. The van der Waals surface area contributed by atoms with E-state index in [1.54, 1.807) is 0 Å². The number of aryl methyl sites for hydroxylation is 1. The fourth-order valence-electron chi connectivity index (χ4n) is 2.18. The van der Waals surface area contributed by atoms with E-state index in [-0.39, 0.29) is 11.4 Å². The molecular formula is C17H20O2S. The molecule has 0 aliphatic heterocycles. The van der Waals surface area contributed by atoms with Crippen LogP contribution >= 0.6 is 11.3 Å². The Morgan fingerprint density at radius 2 is 1.75 bits per heavy atom. The van der Waals surface area contributed by atoms with Crippen LogP contribution < -0.4 is 0 Å². The molecule has 1 aromatic heterocycles. The van der Waals surface area contributed by atoms with E-state index in [1.807, 2.05) is 12.3 Å². The zero-order valence-corrected chi connectivity index (χ0v) is 13.4. The van der Waals surface area contributed by atoms with E-state index < -0.39 is 0 Å². The molecule has 106 valence electrons. The van der Waals surface area contributed by atoms with Crippen LogP contribution in [0.5, 0.6) is 0 Å². The van der Waals surface area contributed by atoms with Crippen molar-refractivity contribution in [1.29, 1.82) is 0 Å². The molecule has 3 heteroatoms. The monoisotopic (exact) mass is 288 g/mol. The Bertz CT molecular complexity index is 615. The molecule has 2 aromatic rings. The first-order valence-corrected chi connectivity index (χ1v) is 7.50. The highest BCUT2D eigenvalue weighted by Crippen LogP contribution is 2.34. The average molecular weight is 288 g/mol. The van der Waals surface area contributed by atoms with Crippen LogP contribution in [0.4, 0.5) is 0 Å². The standard InChI is InChI=1S/C17H20O2S/c1-11-10-20-15(16(18)19-5)14(11)12-6-8-13(9-7-12)17(2,3)4/h6-10H,1-5H3. The minimum Gasteiger partial charge on any atom is -0.465 e. The average Bonchev–Trinajstić information content (AvgIpc) is 2.79. The summed E-state index contributed by atoms with van der Waals surface area (Å²) in [5, 5.41) is 2.00. The van der Waals surface area contributed by atoms with Gasteiger partial charge in [0.25, 0.3) is 0 Å². The van der Waals surface area contributed by atoms with Gasteiger partial charge in [-0.2, -0.15) is 0 Å². The number of benzene rings is 1. The molecular weight excluding hydrogens is 268 g/mol. The van der Waals surface area contributed by atoms with E-state index in [9.17, 15) is 4.79 Å². The van der Waals surface area contributed by atoms with Crippen LogP contribution in [0.3, 0.4) is 0 Å². The maximum Gasteiger partial charge on any atom is 0.348 e. The lowest BCUT2D eigenvalue weighted by atomic mass is 9.86. The molecule has 0 saturated carbocycles. The molecule has 20 heavy (non-hydrogen) atoms. The summed E-state index contributed by atoms with van der Waals surface area (Å²) in [6.45, 7) is 8.60. The van der Waals surface area contributed by atoms with E-state index in [4.69, 9.17) is 4.74 Å². The predicted molar refractivity (Wildman–Crippen MR) is 84.5 cm³/mol. The molecule has 0 radical (unpaired) electrons. The molecule has 1 heterocycles.